The third-order valence-electron chi connectivity index (χ3n) is 2.41. The summed E-state index contributed by atoms with van der Waals surface area (Å²) in [5, 5.41) is 13.1. The topological polar surface area (TPSA) is 62.2 Å². The fourth-order valence-electron chi connectivity index (χ4n) is 1.64. The van der Waals surface area contributed by atoms with E-state index in [-0.39, 0.29) is 11.7 Å². The number of amides is 1. The van der Waals surface area contributed by atoms with Crippen molar-refractivity contribution in [2.45, 2.75) is 6.54 Å². The van der Waals surface area contributed by atoms with Gasteiger partial charge in [0, 0.05) is 23.7 Å². The number of phenols is 1. The number of carbonyl (C=O) groups is 1. The molecule has 0 radical (unpaired) electrons. The van der Waals surface area contributed by atoms with Gasteiger partial charge in [0.1, 0.15) is 5.75 Å². The SMILES string of the molecule is C=CC(=O)NCc1cc(O)cc2cccnc12. The minimum atomic E-state index is -0.252. The first-order valence-electron chi connectivity index (χ1n) is 5.17. The van der Waals surface area contributed by atoms with Crippen molar-refractivity contribution in [1.29, 1.82) is 0 Å². The Labute approximate surface area is 98.6 Å². The Morgan fingerprint density at radius 1 is 1.53 bits per heavy atom. The molecule has 0 unspecified atom stereocenters. The molecule has 0 saturated heterocycles. The lowest BCUT2D eigenvalue weighted by molar-refractivity contribution is -0.116. The van der Waals surface area contributed by atoms with Gasteiger partial charge in [-0.3, -0.25) is 9.78 Å². The van der Waals surface area contributed by atoms with E-state index in [4.69, 9.17) is 0 Å². The molecule has 0 spiro atoms. The lowest BCUT2D eigenvalue weighted by Gasteiger charge is -2.07. The Kier molecular flexibility index (Phi) is 3.05. The summed E-state index contributed by atoms with van der Waals surface area (Å²) in [5.41, 5.74) is 1.55. The molecular formula is C13H12N2O2. The van der Waals surface area contributed by atoms with Gasteiger partial charge in [0.2, 0.25) is 5.91 Å². The van der Waals surface area contributed by atoms with Crippen LogP contribution in [0.25, 0.3) is 10.9 Å². The van der Waals surface area contributed by atoms with E-state index >= 15 is 0 Å². The van der Waals surface area contributed by atoms with Crippen LogP contribution in [0, 0.1) is 0 Å². The average molecular weight is 228 g/mol. The van der Waals surface area contributed by atoms with Crippen molar-refractivity contribution < 1.29 is 9.90 Å². The van der Waals surface area contributed by atoms with Crippen molar-refractivity contribution in [1.82, 2.24) is 10.3 Å². The summed E-state index contributed by atoms with van der Waals surface area (Å²) in [6.07, 6.45) is 2.89. The second-order valence-electron chi connectivity index (χ2n) is 3.60. The number of fused-ring (bicyclic) bond motifs is 1. The number of nitrogens with one attached hydrogen (secondary N) is 1. The normalized spacial score (nSPS) is 10.1. The molecule has 1 heterocycles. The number of benzene rings is 1. The van der Waals surface area contributed by atoms with Crippen LogP contribution in [0.5, 0.6) is 5.75 Å². The summed E-state index contributed by atoms with van der Waals surface area (Å²) in [6, 6.07) is 6.90. The molecular weight excluding hydrogens is 216 g/mol. The van der Waals surface area contributed by atoms with Gasteiger partial charge in [-0.2, -0.15) is 0 Å². The Morgan fingerprint density at radius 3 is 3.12 bits per heavy atom. The molecule has 4 nitrogen and oxygen atoms in total. The molecule has 0 atom stereocenters. The van der Waals surface area contributed by atoms with Crippen LogP contribution in [0.2, 0.25) is 0 Å². The number of phenolic OH excluding ortho intramolecular Hbond substituents is 1. The monoisotopic (exact) mass is 228 g/mol. The molecule has 0 fully saturated rings. The van der Waals surface area contributed by atoms with Crippen LogP contribution in [-0.2, 0) is 11.3 Å². The highest BCUT2D eigenvalue weighted by Crippen LogP contribution is 2.22. The Bertz CT molecular complexity index is 579. The first-order valence-corrected chi connectivity index (χ1v) is 5.17. The molecule has 1 amide bonds. The highest BCUT2D eigenvalue weighted by atomic mass is 16.3. The third-order valence-corrected chi connectivity index (χ3v) is 2.41. The smallest absolute Gasteiger partial charge is 0.243 e. The van der Waals surface area contributed by atoms with Gasteiger partial charge >= 0.3 is 0 Å². The second-order valence-corrected chi connectivity index (χ2v) is 3.60. The van der Waals surface area contributed by atoms with E-state index in [0.717, 1.165) is 16.5 Å². The van der Waals surface area contributed by atoms with E-state index in [0.29, 0.717) is 6.54 Å². The number of hydrogen-bond donors (Lipinski definition) is 2. The summed E-state index contributed by atoms with van der Waals surface area (Å²) in [5.74, 6) is -0.0919. The fourth-order valence-corrected chi connectivity index (χ4v) is 1.64. The molecule has 0 bridgehead atoms. The van der Waals surface area contributed by atoms with Gasteiger partial charge in [0.15, 0.2) is 0 Å². The lowest BCUT2D eigenvalue weighted by atomic mass is 10.1. The first kappa shape index (κ1) is 11.1. The maximum atomic E-state index is 11.1. The van der Waals surface area contributed by atoms with Crippen LogP contribution in [0.15, 0.2) is 43.1 Å². The maximum Gasteiger partial charge on any atom is 0.243 e. The average Bonchev–Trinajstić information content (AvgIpc) is 2.35. The molecule has 1 aromatic heterocycles. The van der Waals surface area contributed by atoms with Crippen LogP contribution < -0.4 is 5.32 Å². The molecule has 0 aliphatic carbocycles. The summed E-state index contributed by atoms with van der Waals surface area (Å²) >= 11 is 0. The zero-order valence-corrected chi connectivity index (χ0v) is 9.18. The van der Waals surface area contributed by atoms with Crippen LogP contribution in [0.1, 0.15) is 5.56 Å². The second kappa shape index (κ2) is 4.65. The van der Waals surface area contributed by atoms with Crippen LogP contribution in [-0.4, -0.2) is 16.0 Å². The Morgan fingerprint density at radius 2 is 2.35 bits per heavy atom. The maximum absolute atomic E-state index is 11.1. The van der Waals surface area contributed by atoms with Crippen molar-refractivity contribution in [2.24, 2.45) is 0 Å². The first-order chi connectivity index (χ1) is 8.20. The van der Waals surface area contributed by atoms with E-state index in [1.54, 1.807) is 24.4 Å². The molecule has 2 rings (SSSR count). The standard InChI is InChI=1S/C13H12N2O2/c1-2-12(17)15-8-10-7-11(16)6-9-4-3-5-14-13(9)10/h2-7,16H,1,8H2,(H,15,17). The summed E-state index contributed by atoms with van der Waals surface area (Å²) < 4.78 is 0. The van der Waals surface area contributed by atoms with E-state index < -0.39 is 0 Å². The van der Waals surface area contributed by atoms with E-state index in [1.165, 1.54) is 6.08 Å². The quantitative estimate of drug-likeness (QED) is 0.786. The Hall–Kier alpha value is -2.36. The molecule has 86 valence electrons. The van der Waals surface area contributed by atoms with Crippen molar-refractivity contribution in [2.75, 3.05) is 0 Å². The number of rotatable bonds is 3. The number of aromatic hydroxyl groups is 1. The van der Waals surface area contributed by atoms with Gasteiger partial charge < -0.3 is 10.4 Å². The zero-order valence-electron chi connectivity index (χ0n) is 9.18. The predicted molar refractivity (Wildman–Crippen MR) is 65.5 cm³/mol. The predicted octanol–water partition coefficient (Wildman–Crippen LogP) is 1.74. The minimum absolute atomic E-state index is 0.161. The van der Waals surface area contributed by atoms with Crippen LogP contribution in [0.4, 0.5) is 0 Å². The largest absolute Gasteiger partial charge is 0.508 e. The summed E-state index contributed by atoms with van der Waals surface area (Å²) in [4.78, 5) is 15.3. The number of pyridine rings is 1. The molecule has 0 saturated carbocycles. The fraction of sp³-hybridized carbons (Fsp3) is 0.0769. The molecule has 0 aliphatic heterocycles. The number of hydrogen-bond acceptors (Lipinski definition) is 3. The number of nitrogens with zero attached hydrogens (tertiary/aromatic N) is 1. The molecule has 2 aromatic rings. The molecule has 4 heteroatoms. The van der Waals surface area contributed by atoms with Gasteiger partial charge in [-0.1, -0.05) is 12.6 Å². The highest BCUT2D eigenvalue weighted by Gasteiger charge is 2.05. The van der Waals surface area contributed by atoms with Gasteiger partial charge in [-0.15, -0.1) is 0 Å². The van der Waals surface area contributed by atoms with Gasteiger partial charge in [-0.05, 0) is 24.3 Å². The summed E-state index contributed by atoms with van der Waals surface area (Å²) in [6.45, 7) is 3.69. The van der Waals surface area contributed by atoms with Gasteiger partial charge in [0.25, 0.3) is 0 Å². The lowest BCUT2D eigenvalue weighted by Crippen LogP contribution is -2.20. The van der Waals surface area contributed by atoms with E-state index in [2.05, 4.69) is 16.9 Å². The third kappa shape index (κ3) is 2.42. The molecule has 1 aromatic carbocycles. The number of aromatic nitrogens is 1. The van der Waals surface area contributed by atoms with Crippen LogP contribution in [0.3, 0.4) is 0 Å². The molecule has 0 aliphatic rings. The van der Waals surface area contributed by atoms with Crippen molar-refractivity contribution in [3.63, 3.8) is 0 Å². The number of carbonyl (C=O) groups excluding carboxylic acids is 1. The van der Waals surface area contributed by atoms with Gasteiger partial charge in [-0.25, -0.2) is 0 Å². The zero-order chi connectivity index (χ0) is 12.3. The van der Waals surface area contributed by atoms with Crippen molar-refractivity contribution >= 4 is 16.8 Å². The minimum Gasteiger partial charge on any atom is -0.508 e. The van der Waals surface area contributed by atoms with E-state index in [9.17, 15) is 9.90 Å². The molecule has 2 N–H and O–H groups in total. The van der Waals surface area contributed by atoms with Crippen molar-refractivity contribution in [3.05, 3.63) is 48.7 Å². The Balaban J connectivity index is 2.38. The van der Waals surface area contributed by atoms with Crippen molar-refractivity contribution in [3.8, 4) is 5.75 Å². The van der Waals surface area contributed by atoms with E-state index in [1.807, 2.05) is 6.07 Å². The highest BCUT2D eigenvalue weighted by molar-refractivity contribution is 5.88. The van der Waals surface area contributed by atoms with Crippen LogP contribution >= 0.6 is 0 Å². The molecule has 17 heavy (non-hydrogen) atoms. The van der Waals surface area contributed by atoms with Gasteiger partial charge in [0.05, 0.1) is 5.52 Å². The summed E-state index contributed by atoms with van der Waals surface area (Å²) in [7, 11) is 0.